The van der Waals surface area contributed by atoms with Crippen LogP contribution in [0.5, 0.6) is 11.5 Å². The van der Waals surface area contributed by atoms with Gasteiger partial charge in [0.1, 0.15) is 11.5 Å². The Hall–Kier alpha value is -2.36. The van der Waals surface area contributed by atoms with Crippen molar-refractivity contribution in [2.24, 2.45) is 0 Å². The summed E-state index contributed by atoms with van der Waals surface area (Å²) < 4.78 is 10.5. The molecule has 0 aliphatic rings. The lowest BCUT2D eigenvalue weighted by molar-refractivity contribution is 0.0989. The molecule has 20 heavy (non-hydrogen) atoms. The summed E-state index contributed by atoms with van der Waals surface area (Å²) in [6, 6.07) is 7.47. The molecular weight excluding hydrogens is 254 g/mol. The summed E-state index contributed by atoms with van der Waals surface area (Å²) in [6.45, 7) is 1.99. The number of hydrogen-bond donors (Lipinski definition) is 0. The second kappa shape index (κ2) is 6.19. The first kappa shape index (κ1) is 14.1. The van der Waals surface area contributed by atoms with E-state index < -0.39 is 0 Å². The van der Waals surface area contributed by atoms with Gasteiger partial charge in [-0.05, 0) is 19.1 Å². The molecule has 0 aliphatic carbocycles. The van der Waals surface area contributed by atoms with Crippen LogP contribution >= 0.6 is 0 Å². The number of hydrogen-bond acceptors (Lipinski definition) is 4. The topological polar surface area (TPSA) is 48.4 Å². The molecule has 0 N–H and O–H groups in total. The van der Waals surface area contributed by atoms with E-state index in [0.29, 0.717) is 11.3 Å². The molecule has 0 bridgehead atoms. The molecule has 0 saturated heterocycles. The largest absolute Gasteiger partial charge is 0.496 e. The maximum atomic E-state index is 12.4. The predicted octanol–water partition coefficient (Wildman–Crippen LogP) is 2.83. The Labute approximate surface area is 118 Å². The molecular formula is C16H17NO3. The third-order valence-corrected chi connectivity index (χ3v) is 3.09. The van der Waals surface area contributed by atoms with E-state index in [4.69, 9.17) is 9.47 Å². The zero-order chi connectivity index (χ0) is 14.5. The van der Waals surface area contributed by atoms with Gasteiger partial charge in [-0.25, -0.2) is 0 Å². The van der Waals surface area contributed by atoms with Crippen molar-refractivity contribution < 1.29 is 14.3 Å². The van der Waals surface area contributed by atoms with E-state index in [1.165, 1.54) is 7.11 Å². The Morgan fingerprint density at radius 2 is 1.90 bits per heavy atom. The van der Waals surface area contributed by atoms with Gasteiger partial charge in [0.05, 0.1) is 26.0 Å². The van der Waals surface area contributed by atoms with Crippen LogP contribution in [0.15, 0.2) is 36.7 Å². The predicted molar refractivity (Wildman–Crippen MR) is 76.6 cm³/mol. The molecule has 0 aliphatic heterocycles. The van der Waals surface area contributed by atoms with E-state index in [0.717, 1.165) is 16.9 Å². The summed E-state index contributed by atoms with van der Waals surface area (Å²) in [5, 5.41) is 0. The molecule has 0 unspecified atom stereocenters. The smallest absolute Gasteiger partial charge is 0.171 e. The SMILES string of the molecule is COc1ccc(C)cc1CC(=O)c1ccncc1OC. The van der Waals surface area contributed by atoms with Gasteiger partial charge >= 0.3 is 0 Å². The molecule has 0 atom stereocenters. The second-order valence-corrected chi connectivity index (χ2v) is 4.49. The van der Waals surface area contributed by atoms with E-state index >= 15 is 0 Å². The summed E-state index contributed by atoms with van der Waals surface area (Å²) in [4.78, 5) is 16.4. The highest BCUT2D eigenvalue weighted by atomic mass is 16.5. The highest BCUT2D eigenvalue weighted by Gasteiger charge is 2.15. The lowest BCUT2D eigenvalue weighted by atomic mass is 10.0. The van der Waals surface area contributed by atoms with Crippen LogP contribution in [0.25, 0.3) is 0 Å². The summed E-state index contributed by atoms with van der Waals surface area (Å²) >= 11 is 0. The molecule has 1 heterocycles. The van der Waals surface area contributed by atoms with Gasteiger partial charge in [-0.3, -0.25) is 9.78 Å². The highest BCUT2D eigenvalue weighted by molar-refractivity contribution is 6.00. The third-order valence-electron chi connectivity index (χ3n) is 3.09. The van der Waals surface area contributed by atoms with Gasteiger partial charge < -0.3 is 9.47 Å². The van der Waals surface area contributed by atoms with Crippen molar-refractivity contribution in [1.29, 1.82) is 0 Å². The Morgan fingerprint density at radius 1 is 1.15 bits per heavy atom. The van der Waals surface area contributed by atoms with Gasteiger partial charge in [-0.15, -0.1) is 0 Å². The molecule has 0 amide bonds. The van der Waals surface area contributed by atoms with Gasteiger partial charge in [0.2, 0.25) is 0 Å². The van der Waals surface area contributed by atoms with Gasteiger partial charge in [0.15, 0.2) is 5.78 Å². The molecule has 4 heteroatoms. The first-order valence-corrected chi connectivity index (χ1v) is 6.30. The third kappa shape index (κ3) is 2.96. The summed E-state index contributed by atoms with van der Waals surface area (Å²) in [5.74, 6) is 1.19. The second-order valence-electron chi connectivity index (χ2n) is 4.49. The number of Topliss-reactive ketones (excluding diaryl/α,β-unsaturated/α-hetero) is 1. The molecule has 0 radical (unpaired) electrons. The standard InChI is InChI=1S/C16H17NO3/c1-11-4-5-15(19-2)12(8-11)9-14(18)13-6-7-17-10-16(13)20-3/h4-8,10H,9H2,1-3H3. The number of carbonyl (C=O) groups excluding carboxylic acids is 1. The molecule has 0 fully saturated rings. The van der Waals surface area contributed by atoms with Gasteiger partial charge in [0, 0.05) is 18.2 Å². The number of rotatable bonds is 5. The van der Waals surface area contributed by atoms with Crippen molar-refractivity contribution in [2.45, 2.75) is 13.3 Å². The fourth-order valence-corrected chi connectivity index (χ4v) is 2.09. The van der Waals surface area contributed by atoms with Crippen LogP contribution < -0.4 is 9.47 Å². The van der Waals surface area contributed by atoms with Crippen LogP contribution in [0.2, 0.25) is 0 Å². The lowest BCUT2D eigenvalue weighted by Crippen LogP contribution is -2.07. The number of pyridine rings is 1. The van der Waals surface area contributed by atoms with Crippen LogP contribution in [0.3, 0.4) is 0 Å². The lowest BCUT2D eigenvalue weighted by Gasteiger charge is -2.10. The van der Waals surface area contributed by atoms with Crippen molar-refractivity contribution in [3.05, 3.63) is 53.3 Å². The summed E-state index contributed by atoms with van der Waals surface area (Å²) in [6.07, 6.45) is 3.40. The summed E-state index contributed by atoms with van der Waals surface area (Å²) in [7, 11) is 3.13. The molecule has 2 rings (SSSR count). The van der Waals surface area contributed by atoms with Crippen LogP contribution in [0.4, 0.5) is 0 Å². The number of methoxy groups -OCH3 is 2. The van der Waals surface area contributed by atoms with Gasteiger partial charge in [-0.1, -0.05) is 17.7 Å². The number of carbonyl (C=O) groups is 1. The quantitative estimate of drug-likeness (QED) is 0.785. The number of nitrogens with zero attached hydrogens (tertiary/aromatic N) is 1. The fraction of sp³-hybridized carbons (Fsp3) is 0.250. The number of aryl methyl sites for hydroxylation is 1. The minimum Gasteiger partial charge on any atom is -0.496 e. The minimum atomic E-state index is -0.0202. The minimum absolute atomic E-state index is 0.0202. The van der Waals surface area contributed by atoms with E-state index in [-0.39, 0.29) is 12.2 Å². The molecule has 4 nitrogen and oxygen atoms in total. The van der Waals surface area contributed by atoms with Gasteiger partial charge in [-0.2, -0.15) is 0 Å². The Balaban J connectivity index is 2.30. The molecule has 1 aromatic heterocycles. The Morgan fingerprint density at radius 3 is 2.60 bits per heavy atom. The van der Waals surface area contributed by atoms with Crippen LogP contribution in [-0.2, 0) is 6.42 Å². The van der Waals surface area contributed by atoms with Crippen molar-refractivity contribution in [3.8, 4) is 11.5 Å². The van der Waals surface area contributed by atoms with Crippen molar-refractivity contribution >= 4 is 5.78 Å². The summed E-state index contributed by atoms with van der Waals surface area (Å²) in [5.41, 5.74) is 2.50. The molecule has 104 valence electrons. The first-order chi connectivity index (χ1) is 9.65. The first-order valence-electron chi connectivity index (χ1n) is 6.30. The maximum Gasteiger partial charge on any atom is 0.171 e. The molecule has 0 spiro atoms. The normalized spacial score (nSPS) is 10.2. The average molecular weight is 271 g/mol. The maximum absolute atomic E-state index is 12.4. The van der Waals surface area contributed by atoms with Crippen LogP contribution in [-0.4, -0.2) is 25.0 Å². The van der Waals surface area contributed by atoms with Crippen molar-refractivity contribution in [2.75, 3.05) is 14.2 Å². The number of ether oxygens (including phenoxy) is 2. The molecule has 0 saturated carbocycles. The van der Waals surface area contributed by atoms with Crippen LogP contribution in [0, 0.1) is 6.92 Å². The van der Waals surface area contributed by atoms with Crippen molar-refractivity contribution in [3.63, 3.8) is 0 Å². The fourth-order valence-electron chi connectivity index (χ4n) is 2.09. The number of aromatic nitrogens is 1. The number of ketones is 1. The zero-order valence-corrected chi connectivity index (χ0v) is 11.8. The van der Waals surface area contributed by atoms with Crippen molar-refractivity contribution in [1.82, 2.24) is 4.98 Å². The van der Waals surface area contributed by atoms with E-state index in [1.54, 1.807) is 25.6 Å². The highest BCUT2D eigenvalue weighted by Crippen LogP contribution is 2.24. The van der Waals surface area contributed by atoms with E-state index in [2.05, 4.69) is 4.98 Å². The molecule has 2 aromatic rings. The number of benzene rings is 1. The molecule has 1 aromatic carbocycles. The van der Waals surface area contributed by atoms with E-state index in [1.807, 2.05) is 25.1 Å². The Bertz CT molecular complexity index is 623. The zero-order valence-electron chi connectivity index (χ0n) is 11.8. The monoisotopic (exact) mass is 271 g/mol. The van der Waals surface area contributed by atoms with Gasteiger partial charge in [0.25, 0.3) is 0 Å². The average Bonchev–Trinajstić information content (AvgIpc) is 2.47. The van der Waals surface area contributed by atoms with E-state index in [9.17, 15) is 4.79 Å². The Kier molecular flexibility index (Phi) is 4.35. The van der Waals surface area contributed by atoms with Crippen LogP contribution in [0.1, 0.15) is 21.5 Å².